The van der Waals surface area contributed by atoms with Crippen LogP contribution in [-0.4, -0.2) is 45.9 Å². The summed E-state index contributed by atoms with van der Waals surface area (Å²) in [6.07, 6.45) is 2.42. The largest absolute Gasteiger partial charge is 0.368 e. The summed E-state index contributed by atoms with van der Waals surface area (Å²) in [5.41, 5.74) is 2.50. The van der Waals surface area contributed by atoms with E-state index in [1.165, 1.54) is 40.9 Å². The highest BCUT2D eigenvalue weighted by molar-refractivity contribution is 8.26. The van der Waals surface area contributed by atoms with Crippen LogP contribution < -0.4 is 15.4 Å². The molecule has 0 saturated carbocycles. The van der Waals surface area contributed by atoms with Gasteiger partial charge in [0.2, 0.25) is 0 Å². The van der Waals surface area contributed by atoms with Gasteiger partial charge in [-0.15, -0.1) is 0 Å². The molecule has 1 aromatic heterocycles. The lowest BCUT2D eigenvalue weighted by Gasteiger charge is -2.39. The fraction of sp³-hybridized carbons (Fsp3) is 0.290. The van der Waals surface area contributed by atoms with Gasteiger partial charge in [-0.3, -0.25) is 19.1 Å². The number of hydrogen-bond acceptors (Lipinski definition) is 7. The van der Waals surface area contributed by atoms with Crippen LogP contribution in [0.5, 0.6) is 0 Å². The number of pyridine rings is 1. The summed E-state index contributed by atoms with van der Waals surface area (Å²) >= 11 is 6.70. The number of nitrogens with zero attached hydrogens (tertiary/aromatic N) is 5. The first-order valence-corrected chi connectivity index (χ1v) is 14.9. The van der Waals surface area contributed by atoms with Gasteiger partial charge in [-0.2, -0.15) is 5.26 Å². The minimum atomic E-state index is -0.360. The summed E-state index contributed by atoms with van der Waals surface area (Å²) in [6.45, 7) is 6.77. The maximum atomic E-state index is 13.5. The van der Waals surface area contributed by atoms with Crippen LogP contribution >= 0.6 is 24.0 Å². The third-order valence-corrected chi connectivity index (χ3v) is 8.85. The molecular formula is C31H29F2N5O2S2. The fourth-order valence-electron chi connectivity index (χ4n) is 5.28. The van der Waals surface area contributed by atoms with Gasteiger partial charge in [-0.25, -0.2) is 8.78 Å². The number of anilines is 2. The molecule has 2 saturated heterocycles. The first-order valence-electron chi connectivity index (χ1n) is 13.6. The van der Waals surface area contributed by atoms with Crippen molar-refractivity contribution in [3.05, 3.63) is 97.7 Å². The average molecular weight is 606 g/mol. The molecule has 7 nitrogen and oxygen atoms in total. The third-order valence-electron chi connectivity index (χ3n) is 7.47. The average Bonchev–Trinajstić information content (AvgIpc) is 3.25. The maximum Gasteiger partial charge on any atom is 0.270 e. The molecule has 2 aromatic carbocycles. The number of amides is 1. The Morgan fingerprint density at radius 2 is 1.57 bits per heavy atom. The summed E-state index contributed by atoms with van der Waals surface area (Å²) in [4.78, 5) is 33.2. The van der Waals surface area contributed by atoms with Gasteiger partial charge in [-0.05, 0) is 66.9 Å². The molecule has 11 heteroatoms. The number of carbonyl (C=O) groups is 1. The van der Waals surface area contributed by atoms with Gasteiger partial charge in [0.05, 0.1) is 11.4 Å². The highest BCUT2D eigenvalue weighted by atomic mass is 32.2. The van der Waals surface area contributed by atoms with Crippen LogP contribution in [-0.2, 0) is 17.9 Å². The predicted octanol–water partition coefficient (Wildman–Crippen LogP) is 5.44. The highest BCUT2D eigenvalue weighted by Gasteiger charge is 2.34. The molecule has 1 amide bonds. The van der Waals surface area contributed by atoms with Crippen LogP contribution in [0.15, 0.2) is 58.2 Å². The summed E-state index contributed by atoms with van der Waals surface area (Å²) < 4.78 is 28.9. The molecule has 5 rings (SSSR count). The van der Waals surface area contributed by atoms with E-state index in [0.717, 1.165) is 11.3 Å². The van der Waals surface area contributed by atoms with E-state index in [-0.39, 0.29) is 35.2 Å². The Bertz CT molecular complexity index is 1650. The van der Waals surface area contributed by atoms with Crippen molar-refractivity contribution in [3.8, 4) is 6.07 Å². The standard InChI is InChI=1S/C31H29F2N5O2S2/c1-3-12-37-28(36-15-13-35(14-16-36)24-10-8-23(33)9-11-24)25(20(2)26(18-34)29(37)39)17-27-30(40)38(31(41)42-27)19-21-4-6-22(32)7-5-21/h4-11,17H,3,12-16,19H2,1-2H3/b27-17+. The molecule has 42 heavy (non-hydrogen) atoms. The smallest absolute Gasteiger partial charge is 0.270 e. The topological polar surface area (TPSA) is 72.6 Å². The molecule has 0 unspecified atom stereocenters. The third kappa shape index (κ3) is 5.82. The molecule has 0 spiro atoms. The summed E-state index contributed by atoms with van der Waals surface area (Å²) in [6, 6.07) is 14.4. The van der Waals surface area contributed by atoms with Crippen LogP contribution in [0, 0.1) is 29.9 Å². The van der Waals surface area contributed by atoms with Gasteiger partial charge in [-0.1, -0.05) is 43.0 Å². The van der Waals surface area contributed by atoms with E-state index in [2.05, 4.69) is 15.9 Å². The van der Waals surface area contributed by atoms with Crippen LogP contribution in [0.1, 0.15) is 35.6 Å². The first kappa shape index (κ1) is 29.5. The molecule has 0 radical (unpaired) electrons. The number of piperazine rings is 1. The highest BCUT2D eigenvalue weighted by Crippen LogP contribution is 2.37. The second kappa shape index (κ2) is 12.5. The predicted molar refractivity (Wildman–Crippen MR) is 166 cm³/mol. The van der Waals surface area contributed by atoms with Crippen LogP contribution in [0.3, 0.4) is 0 Å². The lowest BCUT2D eigenvalue weighted by atomic mass is 10.0. The van der Waals surface area contributed by atoms with E-state index >= 15 is 0 Å². The number of rotatable bonds is 7. The van der Waals surface area contributed by atoms with Crippen LogP contribution in [0.4, 0.5) is 20.3 Å². The summed E-state index contributed by atoms with van der Waals surface area (Å²) in [7, 11) is 0. The van der Waals surface area contributed by atoms with E-state index in [0.29, 0.717) is 65.3 Å². The van der Waals surface area contributed by atoms with Gasteiger partial charge in [0.15, 0.2) is 0 Å². The molecule has 0 atom stereocenters. The molecule has 3 aromatic rings. The number of halogens is 2. The Hall–Kier alpha value is -4.01. The lowest BCUT2D eigenvalue weighted by molar-refractivity contribution is -0.122. The first-order chi connectivity index (χ1) is 20.2. The molecule has 0 aliphatic carbocycles. The van der Waals surface area contributed by atoms with Crippen LogP contribution in [0.2, 0.25) is 0 Å². The monoisotopic (exact) mass is 605 g/mol. The Morgan fingerprint density at radius 3 is 2.17 bits per heavy atom. The molecule has 2 aliphatic rings. The van der Waals surface area contributed by atoms with Crippen molar-refractivity contribution in [2.24, 2.45) is 0 Å². The van der Waals surface area contributed by atoms with E-state index in [4.69, 9.17) is 12.2 Å². The zero-order valence-corrected chi connectivity index (χ0v) is 24.9. The van der Waals surface area contributed by atoms with Crippen molar-refractivity contribution in [1.29, 1.82) is 5.26 Å². The molecule has 0 N–H and O–H groups in total. The molecule has 0 bridgehead atoms. The van der Waals surface area contributed by atoms with Crippen molar-refractivity contribution in [2.45, 2.75) is 33.4 Å². The summed E-state index contributed by atoms with van der Waals surface area (Å²) in [5, 5.41) is 9.92. The van der Waals surface area contributed by atoms with Crippen molar-refractivity contribution < 1.29 is 13.6 Å². The SMILES string of the molecule is CCCn1c(N2CCN(c3ccc(F)cc3)CC2)c(/C=C2/SC(=S)N(Cc3ccc(F)cc3)C2=O)c(C)c(C#N)c1=O. The Labute approximate surface area is 252 Å². The molecule has 2 fully saturated rings. The van der Waals surface area contributed by atoms with Crippen LogP contribution in [0.25, 0.3) is 6.08 Å². The fourth-order valence-corrected chi connectivity index (χ4v) is 6.52. The molecule has 2 aliphatic heterocycles. The summed E-state index contributed by atoms with van der Waals surface area (Å²) in [5.74, 6) is -0.267. The molecule has 216 valence electrons. The van der Waals surface area contributed by atoms with Crippen molar-refractivity contribution in [2.75, 3.05) is 36.0 Å². The van der Waals surface area contributed by atoms with Crippen molar-refractivity contribution >= 4 is 51.8 Å². The van der Waals surface area contributed by atoms with Gasteiger partial charge in [0.25, 0.3) is 11.5 Å². The Kier molecular flexibility index (Phi) is 8.75. The number of thiocarbonyl (C=S) groups is 1. The number of aromatic nitrogens is 1. The number of benzene rings is 2. The number of hydrogen-bond donors (Lipinski definition) is 0. The van der Waals surface area contributed by atoms with Gasteiger partial charge in [0, 0.05) is 44.0 Å². The number of thioether (sulfide) groups is 1. The van der Waals surface area contributed by atoms with Gasteiger partial charge >= 0.3 is 0 Å². The van der Waals surface area contributed by atoms with E-state index in [1.807, 2.05) is 6.92 Å². The molecular weight excluding hydrogens is 577 g/mol. The minimum absolute atomic E-state index is 0.0465. The van der Waals surface area contributed by atoms with Gasteiger partial charge in [0.1, 0.15) is 33.4 Å². The lowest BCUT2D eigenvalue weighted by Crippen LogP contribution is -2.48. The minimum Gasteiger partial charge on any atom is -0.368 e. The van der Waals surface area contributed by atoms with E-state index < -0.39 is 0 Å². The zero-order chi connectivity index (χ0) is 30.0. The van der Waals surface area contributed by atoms with E-state index in [9.17, 15) is 23.6 Å². The normalized spacial score (nSPS) is 16.5. The second-order valence-corrected chi connectivity index (χ2v) is 11.8. The second-order valence-electron chi connectivity index (χ2n) is 10.2. The number of carbonyl (C=O) groups excluding carboxylic acids is 1. The van der Waals surface area contributed by atoms with E-state index in [1.54, 1.807) is 41.8 Å². The van der Waals surface area contributed by atoms with Crippen molar-refractivity contribution in [1.82, 2.24) is 9.47 Å². The Morgan fingerprint density at radius 1 is 0.976 bits per heavy atom. The molecule has 3 heterocycles. The number of nitriles is 1. The Balaban J connectivity index is 1.52. The van der Waals surface area contributed by atoms with Crippen molar-refractivity contribution in [3.63, 3.8) is 0 Å². The quantitative estimate of drug-likeness (QED) is 0.262. The maximum absolute atomic E-state index is 13.5. The van der Waals surface area contributed by atoms with Gasteiger partial charge < -0.3 is 9.80 Å². The zero-order valence-electron chi connectivity index (χ0n) is 23.3.